The number of ketones is 1. The summed E-state index contributed by atoms with van der Waals surface area (Å²) in [6.07, 6.45) is -1.07. The van der Waals surface area contributed by atoms with Gasteiger partial charge in [-0.2, -0.15) is 0 Å². The fourth-order valence-corrected chi connectivity index (χ4v) is 4.38. The average molecular weight is 577 g/mol. The van der Waals surface area contributed by atoms with Crippen LogP contribution in [0.2, 0.25) is 0 Å². The lowest BCUT2D eigenvalue weighted by Crippen LogP contribution is -2.57. The molecule has 4 atom stereocenters. The molecule has 6 N–H and O–H groups in total. The molecular formula is C27H40N6O8. The second kappa shape index (κ2) is 15.5. The van der Waals surface area contributed by atoms with Crippen LogP contribution in [0.4, 0.5) is 4.79 Å². The van der Waals surface area contributed by atoms with Crippen LogP contribution in [0.3, 0.4) is 0 Å². The summed E-state index contributed by atoms with van der Waals surface area (Å²) in [6.45, 7) is 7.42. The third-order valence-electron chi connectivity index (χ3n) is 6.32. The summed E-state index contributed by atoms with van der Waals surface area (Å²) in [7, 11) is 1.42. The molecule has 0 aromatic carbocycles. The summed E-state index contributed by atoms with van der Waals surface area (Å²) >= 11 is 0. The number of nitrogens with one attached hydrogen (secondary N) is 5. The molecule has 0 spiro atoms. The van der Waals surface area contributed by atoms with E-state index in [4.69, 9.17) is 4.74 Å². The number of aromatic nitrogens is 1. The molecule has 1 aromatic heterocycles. The number of carbonyl (C=O) groups excluding carboxylic acids is 5. The molecule has 0 radical (unpaired) electrons. The molecule has 0 saturated carbocycles. The van der Waals surface area contributed by atoms with E-state index in [0.717, 1.165) is 0 Å². The lowest BCUT2D eigenvalue weighted by atomic mass is 9.94. The van der Waals surface area contributed by atoms with E-state index in [9.17, 15) is 33.9 Å². The molecule has 1 unspecified atom stereocenters. The van der Waals surface area contributed by atoms with Crippen LogP contribution in [-0.4, -0.2) is 83.4 Å². The first-order valence-corrected chi connectivity index (χ1v) is 13.5. The number of hydrogen-bond donors (Lipinski definition) is 6. The maximum atomic E-state index is 13.4. The van der Waals surface area contributed by atoms with Gasteiger partial charge in [0.15, 0.2) is 0 Å². The Morgan fingerprint density at radius 3 is 2.22 bits per heavy atom. The van der Waals surface area contributed by atoms with E-state index in [1.807, 2.05) is 13.8 Å². The van der Waals surface area contributed by atoms with Crippen molar-refractivity contribution in [2.24, 2.45) is 11.8 Å². The van der Waals surface area contributed by atoms with Crippen molar-refractivity contribution in [1.82, 2.24) is 31.6 Å². The molecule has 1 saturated heterocycles. The van der Waals surface area contributed by atoms with Crippen LogP contribution < -0.4 is 31.3 Å². The van der Waals surface area contributed by atoms with Crippen LogP contribution in [0.1, 0.15) is 52.7 Å². The van der Waals surface area contributed by atoms with E-state index < -0.39 is 53.6 Å². The molecule has 5 amide bonds. The molecule has 14 heteroatoms. The fraction of sp³-hybridized carbons (Fsp3) is 0.593. The van der Waals surface area contributed by atoms with Crippen molar-refractivity contribution < 1.29 is 38.6 Å². The number of amides is 5. The van der Waals surface area contributed by atoms with E-state index in [1.165, 1.54) is 7.11 Å². The maximum absolute atomic E-state index is 13.4. The third-order valence-corrected chi connectivity index (χ3v) is 6.32. The highest BCUT2D eigenvalue weighted by molar-refractivity contribution is 6.38. The number of hydrogen-bond acceptors (Lipinski definition) is 8. The highest BCUT2D eigenvalue weighted by Crippen LogP contribution is 2.18. The zero-order valence-corrected chi connectivity index (χ0v) is 24.0. The first-order valence-electron chi connectivity index (χ1n) is 13.5. The second-order valence-corrected chi connectivity index (χ2v) is 10.6. The van der Waals surface area contributed by atoms with Crippen LogP contribution in [0.25, 0.3) is 0 Å². The number of methoxy groups -OCH3 is 1. The van der Waals surface area contributed by atoms with Gasteiger partial charge in [0, 0.05) is 36.7 Å². The number of carbonyl (C=O) groups is 6. The van der Waals surface area contributed by atoms with Gasteiger partial charge >= 0.3 is 6.09 Å². The number of nitrogens with zero attached hydrogens (tertiary/aromatic N) is 1. The molecular weight excluding hydrogens is 536 g/mol. The molecule has 0 aliphatic carbocycles. The largest absolute Gasteiger partial charge is 0.481 e. The third kappa shape index (κ3) is 10.7. The van der Waals surface area contributed by atoms with Crippen LogP contribution >= 0.6 is 0 Å². The highest BCUT2D eigenvalue weighted by atomic mass is 16.5. The van der Waals surface area contributed by atoms with Crippen molar-refractivity contribution in [3.8, 4) is 5.88 Å². The lowest BCUT2D eigenvalue weighted by Gasteiger charge is -2.26. The fourth-order valence-electron chi connectivity index (χ4n) is 4.38. The normalized spacial score (nSPS) is 16.8. The molecule has 1 aliphatic heterocycles. The van der Waals surface area contributed by atoms with Crippen molar-refractivity contribution >= 4 is 35.5 Å². The van der Waals surface area contributed by atoms with Gasteiger partial charge in [0.1, 0.15) is 12.1 Å². The van der Waals surface area contributed by atoms with Gasteiger partial charge in [-0.1, -0.05) is 19.9 Å². The van der Waals surface area contributed by atoms with E-state index in [2.05, 4.69) is 31.6 Å². The number of pyridine rings is 1. The first kappa shape index (κ1) is 33.0. The number of ether oxygens (including phenoxy) is 1. The Balaban J connectivity index is 2.26. The predicted octanol–water partition coefficient (Wildman–Crippen LogP) is -0.0955. The summed E-state index contributed by atoms with van der Waals surface area (Å²) in [6, 6.07) is 0.732. The van der Waals surface area contributed by atoms with Gasteiger partial charge in [0.2, 0.25) is 29.4 Å². The Morgan fingerprint density at radius 1 is 1.00 bits per heavy atom. The van der Waals surface area contributed by atoms with Crippen molar-refractivity contribution in [2.45, 2.75) is 77.5 Å². The van der Waals surface area contributed by atoms with Crippen molar-refractivity contribution in [2.75, 3.05) is 13.7 Å². The number of carboxylic acid groups (broad SMARTS) is 1. The van der Waals surface area contributed by atoms with Crippen molar-refractivity contribution in [1.29, 1.82) is 0 Å². The predicted molar refractivity (Wildman–Crippen MR) is 147 cm³/mol. The summed E-state index contributed by atoms with van der Waals surface area (Å²) in [5.74, 6) is -3.99. The second-order valence-electron chi connectivity index (χ2n) is 10.6. The van der Waals surface area contributed by atoms with Crippen LogP contribution in [0.5, 0.6) is 5.88 Å². The zero-order chi connectivity index (χ0) is 30.7. The van der Waals surface area contributed by atoms with Gasteiger partial charge in [-0.15, -0.1) is 0 Å². The van der Waals surface area contributed by atoms with Gasteiger partial charge < -0.3 is 36.4 Å². The van der Waals surface area contributed by atoms with E-state index in [-0.39, 0.29) is 43.0 Å². The van der Waals surface area contributed by atoms with E-state index in [1.54, 1.807) is 32.0 Å². The van der Waals surface area contributed by atoms with Crippen LogP contribution in [-0.2, 0) is 30.4 Å². The van der Waals surface area contributed by atoms with Crippen LogP contribution in [0, 0.1) is 11.8 Å². The Kier molecular flexibility index (Phi) is 12.5. The molecule has 0 bridgehead atoms. The molecule has 1 aromatic rings. The van der Waals surface area contributed by atoms with Gasteiger partial charge in [0.25, 0.3) is 5.91 Å². The lowest BCUT2D eigenvalue weighted by molar-refractivity contribution is -0.141. The van der Waals surface area contributed by atoms with E-state index >= 15 is 0 Å². The molecule has 2 heterocycles. The number of Topliss-reactive ketones (excluding diaryl/α,β-unsaturated/α-hetero) is 1. The molecule has 1 aliphatic rings. The molecule has 2 rings (SSSR count). The average Bonchev–Trinajstić information content (AvgIpc) is 3.30. The Bertz CT molecular complexity index is 1120. The molecule has 1 fully saturated rings. The quantitative estimate of drug-likeness (QED) is 0.154. The van der Waals surface area contributed by atoms with Crippen LogP contribution in [0.15, 0.2) is 18.2 Å². The summed E-state index contributed by atoms with van der Waals surface area (Å²) < 4.78 is 5.08. The van der Waals surface area contributed by atoms with Gasteiger partial charge in [-0.05, 0) is 45.1 Å². The first-order chi connectivity index (χ1) is 19.3. The summed E-state index contributed by atoms with van der Waals surface area (Å²) in [5, 5.41) is 21.8. The minimum Gasteiger partial charge on any atom is -0.481 e. The highest BCUT2D eigenvalue weighted by Gasteiger charge is 2.36. The number of rotatable bonds is 15. The van der Waals surface area contributed by atoms with Crippen molar-refractivity contribution in [3.05, 3.63) is 23.9 Å². The Hall–Kier alpha value is -4.23. The Morgan fingerprint density at radius 2 is 1.66 bits per heavy atom. The molecule has 41 heavy (non-hydrogen) atoms. The summed E-state index contributed by atoms with van der Waals surface area (Å²) in [5.41, 5.74) is 0.375. The topological polar surface area (TPSA) is 205 Å². The molecule has 226 valence electrons. The monoisotopic (exact) mass is 576 g/mol. The van der Waals surface area contributed by atoms with E-state index in [0.29, 0.717) is 18.7 Å². The van der Waals surface area contributed by atoms with Gasteiger partial charge in [-0.25, -0.2) is 9.78 Å². The standard InChI is InChI=1S/C27H40N6O8/c1-14(2)11-19(32-25(37)20(33-27(39)40)13-17-7-6-8-21(30-17)41-5)24(36)31-18(12-16-9-10-28-23(16)35)22(34)26(38)29-15(3)4/h6-8,14-16,18-20,33H,9-13H2,1-5H3,(H,28,35)(H,29,38)(H,31,36)(H,32,37)(H,39,40)/t16-,18-,19-,20?/m0/s1. The van der Waals surface area contributed by atoms with Gasteiger partial charge in [0.05, 0.1) is 13.2 Å². The smallest absolute Gasteiger partial charge is 0.405 e. The van der Waals surface area contributed by atoms with Crippen molar-refractivity contribution in [3.63, 3.8) is 0 Å². The molecule has 14 nitrogen and oxygen atoms in total. The SMILES string of the molecule is COc1cccc(CC(NC(=O)O)C(=O)N[C@@H](CC(C)C)C(=O)N[C@@H](C[C@@H]2CCNC2=O)C(=O)C(=O)NC(C)C)n1. The zero-order valence-electron chi connectivity index (χ0n) is 24.0. The maximum Gasteiger partial charge on any atom is 0.405 e. The minimum absolute atomic E-state index is 0.0871. The minimum atomic E-state index is -1.45. The Labute approximate surface area is 238 Å². The summed E-state index contributed by atoms with van der Waals surface area (Å²) in [4.78, 5) is 80.1. The van der Waals surface area contributed by atoms with Gasteiger partial charge in [-0.3, -0.25) is 24.0 Å².